The maximum atomic E-state index is 11.7. The molecule has 160 valence electrons. The van der Waals surface area contributed by atoms with Gasteiger partial charge in [-0.25, -0.2) is 4.79 Å². The van der Waals surface area contributed by atoms with E-state index in [-0.39, 0.29) is 11.8 Å². The van der Waals surface area contributed by atoms with Crippen molar-refractivity contribution in [2.24, 2.45) is 0 Å². The molecule has 2 aromatic carbocycles. The summed E-state index contributed by atoms with van der Waals surface area (Å²) in [5, 5.41) is 12.7. The summed E-state index contributed by atoms with van der Waals surface area (Å²) in [4.78, 5) is 15.9. The number of carbonyl (C=O) groups excluding carboxylic acids is 1. The molecule has 30 heavy (non-hydrogen) atoms. The van der Waals surface area contributed by atoms with Crippen LogP contribution in [-0.2, 0) is 13.0 Å². The molecule has 2 saturated heterocycles. The van der Waals surface area contributed by atoms with Crippen LogP contribution in [0.2, 0.25) is 0 Å². The van der Waals surface area contributed by atoms with Crippen LogP contribution in [0, 0.1) is 6.92 Å². The lowest BCUT2D eigenvalue weighted by molar-refractivity contribution is 0.202. The van der Waals surface area contributed by atoms with Crippen molar-refractivity contribution in [3.8, 4) is 11.5 Å². The number of carbonyl (C=O) groups is 1. The summed E-state index contributed by atoms with van der Waals surface area (Å²) in [6.07, 6.45) is 3.36. The molecule has 0 aromatic heterocycles. The third kappa shape index (κ3) is 5.05. The lowest BCUT2D eigenvalue weighted by Gasteiger charge is -2.18. The van der Waals surface area contributed by atoms with Gasteiger partial charge in [-0.3, -0.25) is 4.90 Å². The van der Waals surface area contributed by atoms with Crippen LogP contribution in [-0.4, -0.2) is 60.3 Å². The third-order valence-corrected chi connectivity index (χ3v) is 6.01. The highest BCUT2D eigenvalue weighted by Crippen LogP contribution is 2.27. The van der Waals surface area contributed by atoms with E-state index in [0.29, 0.717) is 32.0 Å². The van der Waals surface area contributed by atoms with Gasteiger partial charge in [-0.15, -0.1) is 0 Å². The lowest BCUT2D eigenvalue weighted by atomic mass is 9.99. The number of aromatic hydroxyl groups is 1. The van der Waals surface area contributed by atoms with Gasteiger partial charge in [0.25, 0.3) is 0 Å². The Kier molecular flexibility index (Phi) is 6.43. The van der Waals surface area contributed by atoms with Crippen molar-refractivity contribution in [3.05, 3.63) is 58.7 Å². The summed E-state index contributed by atoms with van der Waals surface area (Å²) in [6.45, 7) is 7.95. The van der Waals surface area contributed by atoms with Crippen molar-refractivity contribution in [2.75, 3.05) is 39.3 Å². The quantitative estimate of drug-likeness (QED) is 0.702. The highest BCUT2D eigenvalue weighted by atomic mass is 16.5. The van der Waals surface area contributed by atoms with Gasteiger partial charge < -0.3 is 20.1 Å². The molecule has 0 radical (unpaired) electrons. The molecule has 2 aromatic rings. The molecule has 2 amide bonds. The van der Waals surface area contributed by atoms with Crippen molar-refractivity contribution >= 4 is 6.03 Å². The van der Waals surface area contributed by atoms with E-state index >= 15 is 0 Å². The van der Waals surface area contributed by atoms with E-state index in [4.69, 9.17) is 4.74 Å². The van der Waals surface area contributed by atoms with Gasteiger partial charge in [0, 0.05) is 32.1 Å². The average Bonchev–Trinajstić information content (AvgIpc) is 3.38. The molecule has 2 aliphatic heterocycles. The largest absolute Gasteiger partial charge is 0.508 e. The Labute approximate surface area is 178 Å². The second-order valence-corrected chi connectivity index (χ2v) is 8.28. The summed E-state index contributed by atoms with van der Waals surface area (Å²) < 4.78 is 5.95. The van der Waals surface area contributed by atoms with Crippen molar-refractivity contribution in [1.29, 1.82) is 0 Å². The molecule has 2 fully saturated rings. The monoisotopic (exact) mass is 409 g/mol. The van der Waals surface area contributed by atoms with Gasteiger partial charge >= 0.3 is 6.03 Å². The normalized spacial score (nSPS) is 16.8. The number of hydrogen-bond acceptors (Lipinski definition) is 4. The Bertz CT molecular complexity index is 893. The smallest absolute Gasteiger partial charge is 0.317 e. The number of nitrogens with zero attached hydrogens (tertiary/aromatic N) is 2. The van der Waals surface area contributed by atoms with E-state index in [1.807, 2.05) is 6.07 Å². The van der Waals surface area contributed by atoms with E-state index < -0.39 is 0 Å². The number of aryl methyl sites for hydroxylation is 1. The first-order valence-corrected chi connectivity index (χ1v) is 10.9. The van der Waals surface area contributed by atoms with Gasteiger partial charge in [0.2, 0.25) is 0 Å². The van der Waals surface area contributed by atoms with Crippen LogP contribution in [0.15, 0.2) is 36.4 Å². The summed E-state index contributed by atoms with van der Waals surface area (Å²) >= 11 is 0. The predicted molar refractivity (Wildman–Crippen MR) is 117 cm³/mol. The van der Waals surface area contributed by atoms with Crippen molar-refractivity contribution < 1.29 is 14.6 Å². The number of rotatable bonds is 8. The fraction of sp³-hybridized carbons (Fsp3) is 0.458. The number of nitrogens with one attached hydrogen (secondary N) is 1. The summed E-state index contributed by atoms with van der Waals surface area (Å²) in [7, 11) is 0. The van der Waals surface area contributed by atoms with Gasteiger partial charge in [0.1, 0.15) is 18.1 Å². The van der Waals surface area contributed by atoms with Crippen LogP contribution >= 0.6 is 0 Å². The van der Waals surface area contributed by atoms with Gasteiger partial charge in [0.15, 0.2) is 0 Å². The number of phenols is 1. The maximum Gasteiger partial charge on any atom is 0.317 e. The van der Waals surface area contributed by atoms with Gasteiger partial charge in [-0.05, 0) is 61.2 Å². The minimum Gasteiger partial charge on any atom is -0.508 e. The summed E-state index contributed by atoms with van der Waals surface area (Å²) in [5.74, 6) is 0.859. The summed E-state index contributed by atoms with van der Waals surface area (Å²) in [6, 6.07) is 11.9. The molecular weight excluding hydrogens is 378 g/mol. The van der Waals surface area contributed by atoms with Gasteiger partial charge in [0.05, 0.1) is 6.54 Å². The first-order chi connectivity index (χ1) is 14.6. The number of amides is 2. The second-order valence-electron chi connectivity index (χ2n) is 8.28. The molecule has 0 saturated carbocycles. The predicted octanol–water partition coefficient (Wildman–Crippen LogP) is 3.29. The van der Waals surface area contributed by atoms with Crippen LogP contribution in [0.5, 0.6) is 11.5 Å². The number of likely N-dealkylation sites (tertiary alicyclic amines) is 1. The molecule has 0 unspecified atom stereocenters. The van der Waals surface area contributed by atoms with Crippen LogP contribution in [0.3, 0.4) is 0 Å². The number of hydrogen-bond donors (Lipinski definition) is 2. The van der Waals surface area contributed by atoms with Gasteiger partial charge in [-0.2, -0.15) is 0 Å². The Hall–Kier alpha value is -2.73. The second kappa shape index (κ2) is 9.39. The Morgan fingerprint density at radius 2 is 1.87 bits per heavy atom. The van der Waals surface area contributed by atoms with Crippen molar-refractivity contribution in [2.45, 2.75) is 32.7 Å². The molecule has 0 bridgehead atoms. The Morgan fingerprint density at radius 3 is 2.60 bits per heavy atom. The number of ether oxygens (including phenoxy) is 1. The number of benzene rings is 2. The van der Waals surface area contributed by atoms with Crippen LogP contribution in [0.1, 0.15) is 35.1 Å². The molecule has 2 aliphatic rings. The lowest BCUT2D eigenvalue weighted by Crippen LogP contribution is -2.31. The Balaban J connectivity index is 1.40. The van der Waals surface area contributed by atoms with Crippen molar-refractivity contribution in [3.63, 3.8) is 0 Å². The Morgan fingerprint density at radius 1 is 1.07 bits per heavy atom. The first kappa shape index (κ1) is 20.5. The fourth-order valence-corrected chi connectivity index (χ4v) is 4.26. The fourth-order valence-electron chi connectivity index (χ4n) is 4.26. The standard InChI is InChI=1S/C24H31N3O3/c1-18-14-19(4-5-21(18)17-26-9-2-3-10-26)15-20-6-7-22(28)16-23(20)30-13-12-27-11-8-25-24(27)29/h4-7,14,16,28H,2-3,8-13,15,17H2,1H3,(H,25,29). The third-order valence-electron chi connectivity index (χ3n) is 6.01. The average molecular weight is 410 g/mol. The molecular formula is C24H31N3O3. The molecule has 6 heteroatoms. The van der Waals surface area contributed by atoms with E-state index in [1.54, 1.807) is 17.0 Å². The van der Waals surface area contributed by atoms with Crippen LogP contribution in [0.4, 0.5) is 4.79 Å². The van der Waals surface area contributed by atoms with E-state index in [2.05, 4.69) is 35.3 Å². The zero-order valence-corrected chi connectivity index (χ0v) is 17.7. The highest BCUT2D eigenvalue weighted by Gasteiger charge is 2.19. The SMILES string of the molecule is Cc1cc(Cc2ccc(O)cc2OCCN2CCNC2=O)ccc1CN1CCCC1. The minimum absolute atomic E-state index is 0.0424. The topological polar surface area (TPSA) is 65.0 Å². The van der Waals surface area contributed by atoms with E-state index in [0.717, 1.165) is 18.5 Å². The minimum atomic E-state index is -0.0424. The number of phenolic OH excluding ortho intramolecular Hbond substituents is 1. The first-order valence-electron chi connectivity index (χ1n) is 10.9. The highest BCUT2D eigenvalue weighted by molar-refractivity contribution is 5.76. The van der Waals surface area contributed by atoms with Crippen LogP contribution in [0.25, 0.3) is 0 Å². The van der Waals surface area contributed by atoms with Gasteiger partial charge in [-0.1, -0.05) is 24.3 Å². The maximum absolute atomic E-state index is 11.7. The molecule has 6 nitrogen and oxygen atoms in total. The zero-order chi connectivity index (χ0) is 20.9. The zero-order valence-electron chi connectivity index (χ0n) is 17.7. The molecule has 2 N–H and O–H groups in total. The molecule has 4 rings (SSSR count). The van der Waals surface area contributed by atoms with E-state index in [1.165, 1.54) is 42.6 Å². The summed E-state index contributed by atoms with van der Waals surface area (Å²) in [5.41, 5.74) is 4.98. The van der Waals surface area contributed by atoms with Crippen molar-refractivity contribution in [1.82, 2.24) is 15.1 Å². The molecule has 0 atom stereocenters. The number of urea groups is 1. The molecule has 2 heterocycles. The van der Waals surface area contributed by atoms with E-state index in [9.17, 15) is 9.90 Å². The van der Waals surface area contributed by atoms with Crippen LogP contribution < -0.4 is 10.1 Å². The molecule has 0 aliphatic carbocycles. The molecule has 0 spiro atoms.